The van der Waals surface area contributed by atoms with E-state index in [2.05, 4.69) is 20.3 Å². The van der Waals surface area contributed by atoms with Crippen LogP contribution in [-0.2, 0) is 6.54 Å². The van der Waals surface area contributed by atoms with E-state index in [9.17, 15) is 4.39 Å². The molecular weight excluding hydrogens is 381 g/mol. The summed E-state index contributed by atoms with van der Waals surface area (Å²) >= 11 is 0. The standard InChI is InChI=1S/C23H26FN5O/c1-17-14-23(26-16-18-6-8-19(24)9-7-18)21-15-20(10-11-22(21)28-17)30-13-5-3-2-4-12-27-29-25/h6-11,14-15H,2-5,12-13,16H2,1H3,(H,26,28). The predicted octanol–water partition coefficient (Wildman–Crippen LogP) is 6.54. The molecule has 0 saturated heterocycles. The molecule has 3 aromatic rings. The Bertz CT molecular complexity index is 1020. The third kappa shape index (κ3) is 6.36. The first-order chi connectivity index (χ1) is 14.7. The fraction of sp³-hybridized carbons (Fsp3) is 0.348. The number of anilines is 1. The van der Waals surface area contributed by atoms with Crippen molar-refractivity contribution in [3.05, 3.63) is 76.0 Å². The molecule has 6 nitrogen and oxygen atoms in total. The van der Waals surface area contributed by atoms with Crippen molar-refractivity contribution in [1.29, 1.82) is 0 Å². The molecule has 1 aromatic heterocycles. The molecule has 1 heterocycles. The number of aryl methyl sites for hydroxylation is 1. The van der Waals surface area contributed by atoms with E-state index in [1.807, 2.05) is 31.2 Å². The maximum atomic E-state index is 13.1. The van der Waals surface area contributed by atoms with Gasteiger partial charge in [-0.3, -0.25) is 4.98 Å². The van der Waals surface area contributed by atoms with Gasteiger partial charge in [-0.2, -0.15) is 0 Å². The Labute approximate surface area is 175 Å². The van der Waals surface area contributed by atoms with Crippen LogP contribution in [0.4, 0.5) is 10.1 Å². The number of rotatable bonds is 11. The summed E-state index contributed by atoms with van der Waals surface area (Å²) < 4.78 is 19.0. The Morgan fingerprint density at radius 3 is 2.67 bits per heavy atom. The Balaban J connectivity index is 1.61. The molecule has 0 radical (unpaired) electrons. The molecule has 7 heteroatoms. The van der Waals surface area contributed by atoms with Crippen LogP contribution < -0.4 is 10.1 Å². The highest BCUT2D eigenvalue weighted by molar-refractivity contribution is 5.92. The van der Waals surface area contributed by atoms with Gasteiger partial charge in [0.05, 0.1) is 12.1 Å². The van der Waals surface area contributed by atoms with Crippen LogP contribution in [0.25, 0.3) is 21.3 Å². The molecule has 0 bridgehead atoms. The molecule has 0 aliphatic carbocycles. The number of benzene rings is 2. The number of pyridine rings is 1. The van der Waals surface area contributed by atoms with Crippen LogP contribution in [0.15, 0.2) is 53.6 Å². The maximum Gasteiger partial charge on any atom is 0.123 e. The zero-order chi connectivity index (χ0) is 21.2. The van der Waals surface area contributed by atoms with Crippen molar-refractivity contribution in [3.63, 3.8) is 0 Å². The van der Waals surface area contributed by atoms with E-state index < -0.39 is 0 Å². The summed E-state index contributed by atoms with van der Waals surface area (Å²) in [6.07, 6.45) is 3.94. The second kappa shape index (κ2) is 11.0. The van der Waals surface area contributed by atoms with Crippen molar-refractivity contribution in [2.45, 2.75) is 39.2 Å². The smallest absolute Gasteiger partial charge is 0.123 e. The molecular formula is C23H26FN5O. The average Bonchev–Trinajstić information content (AvgIpc) is 2.75. The van der Waals surface area contributed by atoms with Crippen molar-refractivity contribution in [1.82, 2.24) is 4.98 Å². The lowest BCUT2D eigenvalue weighted by Crippen LogP contribution is -2.02. The molecule has 0 aliphatic rings. The molecule has 156 valence electrons. The van der Waals surface area contributed by atoms with Gasteiger partial charge in [-0.1, -0.05) is 30.1 Å². The van der Waals surface area contributed by atoms with Crippen molar-refractivity contribution in [2.24, 2.45) is 5.11 Å². The van der Waals surface area contributed by atoms with Crippen LogP contribution >= 0.6 is 0 Å². The number of nitrogens with zero attached hydrogens (tertiary/aromatic N) is 4. The molecule has 0 saturated carbocycles. The van der Waals surface area contributed by atoms with Gasteiger partial charge in [0.1, 0.15) is 11.6 Å². The fourth-order valence-electron chi connectivity index (χ4n) is 3.25. The summed E-state index contributed by atoms with van der Waals surface area (Å²) in [5, 5.41) is 7.97. The predicted molar refractivity (Wildman–Crippen MR) is 118 cm³/mol. The lowest BCUT2D eigenvalue weighted by atomic mass is 10.1. The van der Waals surface area contributed by atoms with Gasteiger partial charge in [-0.05, 0) is 67.3 Å². The zero-order valence-electron chi connectivity index (χ0n) is 17.1. The van der Waals surface area contributed by atoms with E-state index in [-0.39, 0.29) is 5.82 Å². The van der Waals surface area contributed by atoms with Gasteiger partial charge < -0.3 is 10.1 Å². The highest BCUT2D eigenvalue weighted by atomic mass is 19.1. The number of unbranched alkanes of at least 4 members (excludes halogenated alkanes) is 3. The summed E-state index contributed by atoms with van der Waals surface area (Å²) in [4.78, 5) is 7.37. The second-order valence-corrected chi connectivity index (χ2v) is 7.19. The Hall–Kier alpha value is -3.31. The second-order valence-electron chi connectivity index (χ2n) is 7.19. The summed E-state index contributed by atoms with van der Waals surface area (Å²) in [6.45, 7) is 3.77. The van der Waals surface area contributed by atoms with Crippen molar-refractivity contribution < 1.29 is 9.13 Å². The van der Waals surface area contributed by atoms with Crippen LogP contribution in [0, 0.1) is 12.7 Å². The fourth-order valence-corrected chi connectivity index (χ4v) is 3.25. The van der Waals surface area contributed by atoms with Crippen LogP contribution in [0.5, 0.6) is 5.75 Å². The molecule has 30 heavy (non-hydrogen) atoms. The summed E-state index contributed by atoms with van der Waals surface area (Å²) in [6, 6.07) is 14.4. The Morgan fingerprint density at radius 2 is 1.87 bits per heavy atom. The van der Waals surface area contributed by atoms with Gasteiger partial charge in [-0.25, -0.2) is 4.39 Å². The van der Waals surface area contributed by atoms with Crippen LogP contribution in [0.1, 0.15) is 36.9 Å². The van der Waals surface area contributed by atoms with Crippen LogP contribution in [0.3, 0.4) is 0 Å². The van der Waals surface area contributed by atoms with E-state index in [0.717, 1.165) is 59.3 Å². The van der Waals surface area contributed by atoms with Gasteiger partial charge >= 0.3 is 0 Å². The topological polar surface area (TPSA) is 82.9 Å². The van der Waals surface area contributed by atoms with E-state index in [1.165, 1.54) is 12.1 Å². The largest absolute Gasteiger partial charge is 0.494 e. The molecule has 2 aromatic carbocycles. The molecule has 0 aliphatic heterocycles. The molecule has 0 amide bonds. The van der Waals surface area contributed by atoms with Gasteiger partial charge in [0.25, 0.3) is 0 Å². The summed E-state index contributed by atoms with van der Waals surface area (Å²) in [5.41, 5.74) is 12.1. The quantitative estimate of drug-likeness (QED) is 0.169. The lowest BCUT2D eigenvalue weighted by Gasteiger charge is -2.13. The summed E-state index contributed by atoms with van der Waals surface area (Å²) in [7, 11) is 0. The van der Waals surface area contributed by atoms with E-state index in [1.54, 1.807) is 12.1 Å². The van der Waals surface area contributed by atoms with Crippen molar-refractivity contribution in [3.8, 4) is 5.75 Å². The molecule has 0 unspecified atom stereocenters. The molecule has 0 atom stereocenters. The molecule has 3 rings (SSSR count). The number of halogens is 1. The van der Waals surface area contributed by atoms with Crippen molar-refractivity contribution in [2.75, 3.05) is 18.5 Å². The van der Waals surface area contributed by atoms with E-state index in [0.29, 0.717) is 19.7 Å². The third-order valence-corrected chi connectivity index (χ3v) is 4.79. The summed E-state index contributed by atoms with van der Waals surface area (Å²) in [5.74, 6) is 0.577. The average molecular weight is 407 g/mol. The zero-order valence-corrected chi connectivity index (χ0v) is 17.1. The highest BCUT2D eigenvalue weighted by Gasteiger charge is 2.07. The van der Waals surface area contributed by atoms with Gasteiger partial charge in [-0.15, -0.1) is 0 Å². The van der Waals surface area contributed by atoms with Crippen molar-refractivity contribution >= 4 is 16.6 Å². The SMILES string of the molecule is Cc1cc(NCc2ccc(F)cc2)c2cc(OCCCCCCN=[N+]=[N-])ccc2n1. The number of fused-ring (bicyclic) bond motifs is 1. The first kappa shape index (κ1) is 21.4. The van der Waals surface area contributed by atoms with Gasteiger partial charge in [0.2, 0.25) is 0 Å². The number of ether oxygens (including phenoxy) is 1. The molecule has 0 fully saturated rings. The minimum Gasteiger partial charge on any atom is -0.494 e. The monoisotopic (exact) mass is 407 g/mol. The minimum atomic E-state index is -0.235. The van der Waals surface area contributed by atoms with E-state index >= 15 is 0 Å². The lowest BCUT2D eigenvalue weighted by molar-refractivity contribution is 0.305. The number of azide groups is 1. The minimum absolute atomic E-state index is 0.235. The first-order valence-corrected chi connectivity index (χ1v) is 10.2. The first-order valence-electron chi connectivity index (χ1n) is 10.2. The highest BCUT2D eigenvalue weighted by Crippen LogP contribution is 2.28. The molecule has 1 N–H and O–H groups in total. The number of nitrogens with one attached hydrogen (secondary N) is 1. The maximum absolute atomic E-state index is 13.1. The van der Waals surface area contributed by atoms with Gasteiger partial charge in [0, 0.05) is 34.8 Å². The number of aromatic nitrogens is 1. The Morgan fingerprint density at radius 1 is 1.07 bits per heavy atom. The van der Waals surface area contributed by atoms with Crippen LogP contribution in [-0.4, -0.2) is 18.1 Å². The third-order valence-electron chi connectivity index (χ3n) is 4.79. The van der Waals surface area contributed by atoms with Crippen LogP contribution in [0.2, 0.25) is 0 Å². The molecule has 0 spiro atoms. The number of hydrogen-bond acceptors (Lipinski definition) is 4. The van der Waals surface area contributed by atoms with E-state index in [4.69, 9.17) is 10.3 Å². The number of hydrogen-bond donors (Lipinski definition) is 1. The van der Waals surface area contributed by atoms with Gasteiger partial charge in [0.15, 0.2) is 0 Å². The normalized spacial score (nSPS) is 10.6. The Kier molecular flexibility index (Phi) is 7.86.